The van der Waals surface area contributed by atoms with Crippen molar-refractivity contribution in [1.29, 1.82) is 0 Å². The van der Waals surface area contributed by atoms with Crippen molar-refractivity contribution in [2.75, 3.05) is 0 Å². The van der Waals surface area contributed by atoms with E-state index in [1.165, 1.54) is 0 Å². The summed E-state index contributed by atoms with van der Waals surface area (Å²) in [7, 11) is 0. The molecule has 140 valence electrons. The molecule has 1 unspecified atom stereocenters. The van der Waals surface area contributed by atoms with Crippen molar-refractivity contribution in [2.24, 2.45) is 0 Å². The maximum absolute atomic E-state index is 12.5. The molecule has 0 amide bonds. The van der Waals surface area contributed by atoms with Crippen molar-refractivity contribution in [3.8, 4) is 11.1 Å². The molecular weight excluding hydrogens is 420 g/mol. The smallest absolute Gasteiger partial charge is 0.142 e. The molecule has 0 saturated heterocycles. The van der Waals surface area contributed by atoms with E-state index in [1.54, 1.807) is 0 Å². The summed E-state index contributed by atoms with van der Waals surface area (Å²) in [5.74, 6) is 0. The third-order valence-electron chi connectivity index (χ3n) is 5.60. The highest BCUT2D eigenvalue weighted by Crippen LogP contribution is 2.46. The first-order valence-corrected chi connectivity index (χ1v) is 10.4. The molecule has 0 heterocycles. The second-order valence-electron chi connectivity index (χ2n) is 7.27. The van der Waals surface area contributed by atoms with Gasteiger partial charge >= 0.3 is 0 Å². The van der Waals surface area contributed by atoms with Gasteiger partial charge in [-0.1, -0.05) is 113 Å². The van der Waals surface area contributed by atoms with Crippen LogP contribution in [0.1, 0.15) is 27.8 Å². The Bertz CT molecular complexity index is 1230. The highest BCUT2D eigenvalue weighted by Gasteiger charge is 2.39. The number of halogens is 1. The maximum Gasteiger partial charge on any atom is 0.142 e. The molecule has 0 saturated carbocycles. The molecule has 0 fully saturated rings. The van der Waals surface area contributed by atoms with Crippen LogP contribution in [0.2, 0.25) is 0 Å². The molecule has 1 atom stereocenters. The van der Waals surface area contributed by atoms with Gasteiger partial charge in [-0.2, -0.15) is 0 Å². The first-order valence-electron chi connectivity index (χ1n) is 9.63. The number of hydrogen-bond donors (Lipinski definition) is 1. The van der Waals surface area contributed by atoms with E-state index in [1.807, 2.05) is 66.7 Å². The minimum absolute atomic E-state index is 0.880. The molecule has 0 radical (unpaired) electrons. The quantitative estimate of drug-likeness (QED) is 0.361. The van der Waals surface area contributed by atoms with Gasteiger partial charge in [-0.3, -0.25) is 0 Å². The van der Waals surface area contributed by atoms with E-state index < -0.39 is 5.60 Å². The molecule has 1 N–H and O–H groups in total. The predicted molar refractivity (Wildman–Crippen MR) is 123 cm³/mol. The molecule has 0 bridgehead atoms. The van der Waals surface area contributed by atoms with Crippen LogP contribution in [0.5, 0.6) is 0 Å². The van der Waals surface area contributed by atoms with E-state index in [0.717, 1.165) is 43.4 Å². The average molecular weight is 439 g/mol. The summed E-state index contributed by atoms with van der Waals surface area (Å²) in [4.78, 5) is 0. The van der Waals surface area contributed by atoms with Crippen LogP contribution in [-0.2, 0) is 5.60 Å². The zero-order chi connectivity index (χ0) is 19.8. The van der Waals surface area contributed by atoms with Gasteiger partial charge in [0.05, 0.1) is 0 Å². The summed E-state index contributed by atoms with van der Waals surface area (Å²) in [6.07, 6.45) is 4.17. The molecule has 0 aliphatic heterocycles. The van der Waals surface area contributed by atoms with Crippen LogP contribution in [-0.4, -0.2) is 5.11 Å². The lowest BCUT2D eigenvalue weighted by atomic mass is 9.75. The Labute approximate surface area is 179 Å². The molecule has 1 nitrogen and oxygen atoms in total. The first-order chi connectivity index (χ1) is 14.2. The lowest BCUT2D eigenvalue weighted by molar-refractivity contribution is 0.126. The SMILES string of the molecule is OC1(c2ccccc2-c2ccccc2)c2ccccc2C=Cc2cc(Br)ccc21. The van der Waals surface area contributed by atoms with E-state index in [-0.39, 0.29) is 0 Å². The normalized spacial score (nSPS) is 17.3. The summed E-state index contributed by atoms with van der Waals surface area (Å²) < 4.78 is 0.991. The Morgan fingerprint density at radius 3 is 2.03 bits per heavy atom. The third-order valence-corrected chi connectivity index (χ3v) is 6.09. The molecule has 4 aromatic rings. The second kappa shape index (κ2) is 7.14. The third kappa shape index (κ3) is 2.96. The van der Waals surface area contributed by atoms with Crippen molar-refractivity contribution >= 4 is 28.1 Å². The topological polar surface area (TPSA) is 20.2 Å². The van der Waals surface area contributed by atoms with Crippen molar-refractivity contribution in [3.05, 3.63) is 129 Å². The van der Waals surface area contributed by atoms with Crippen molar-refractivity contribution in [2.45, 2.75) is 5.60 Å². The average Bonchev–Trinajstić information content (AvgIpc) is 2.90. The Hall–Kier alpha value is -2.94. The number of rotatable bonds is 2. The molecule has 0 aromatic heterocycles. The molecule has 2 heteroatoms. The van der Waals surface area contributed by atoms with Crippen LogP contribution in [0.25, 0.3) is 23.3 Å². The summed E-state index contributed by atoms with van der Waals surface area (Å²) in [6.45, 7) is 0. The minimum atomic E-state index is -1.28. The van der Waals surface area contributed by atoms with Crippen LogP contribution in [0.3, 0.4) is 0 Å². The Morgan fingerprint density at radius 1 is 0.586 bits per heavy atom. The standard InChI is InChI=1S/C27H19BrO/c28-22-16-17-25-21(18-22)15-14-20-10-4-6-12-24(20)27(25,29)26-13-7-5-11-23(26)19-8-2-1-3-9-19/h1-18,29H. The van der Waals surface area contributed by atoms with Gasteiger partial charge in [0, 0.05) is 10.0 Å². The predicted octanol–water partition coefficient (Wildman–Crippen LogP) is 6.88. The van der Waals surface area contributed by atoms with E-state index in [0.29, 0.717) is 0 Å². The fourth-order valence-corrected chi connectivity index (χ4v) is 4.63. The fourth-order valence-electron chi connectivity index (χ4n) is 4.26. The van der Waals surface area contributed by atoms with E-state index in [9.17, 15) is 5.11 Å². The molecule has 0 spiro atoms. The maximum atomic E-state index is 12.5. The van der Waals surface area contributed by atoms with Crippen LogP contribution < -0.4 is 0 Å². The lowest BCUT2D eigenvalue weighted by Crippen LogP contribution is -2.31. The van der Waals surface area contributed by atoms with E-state index in [4.69, 9.17) is 0 Å². The Morgan fingerprint density at radius 2 is 1.21 bits per heavy atom. The molecule has 1 aliphatic carbocycles. The van der Waals surface area contributed by atoms with Crippen LogP contribution in [0, 0.1) is 0 Å². The van der Waals surface area contributed by atoms with E-state index in [2.05, 4.69) is 58.4 Å². The van der Waals surface area contributed by atoms with Crippen molar-refractivity contribution < 1.29 is 5.11 Å². The zero-order valence-corrected chi connectivity index (χ0v) is 17.3. The summed E-state index contributed by atoms with van der Waals surface area (Å²) >= 11 is 3.58. The van der Waals surface area contributed by atoms with Crippen molar-refractivity contribution in [3.63, 3.8) is 0 Å². The van der Waals surface area contributed by atoms with Crippen LogP contribution in [0.15, 0.2) is 102 Å². The summed E-state index contributed by atoms with van der Waals surface area (Å²) in [5.41, 5.74) is 5.51. The number of aliphatic hydroxyl groups is 1. The lowest BCUT2D eigenvalue weighted by Gasteiger charge is -2.33. The van der Waals surface area contributed by atoms with Gasteiger partial charge in [-0.25, -0.2) is 0 Å². The zero-order valence-electron chi connectivity index (χ0n) is 15.7. The Balaban J connectivity index is 1.88. The van der Waals surface area contributed by atoms with E-state index >= 15 is 0 Å². The monoisotopic (exact) mass is 438 g/mol. The van der Waals surface area contributed by atoms with Gasteiger partial charge in [0.2, 0.25) is 0 Å². The minimum Gasteiger partial charge on any atom is -0.376 e. The van der Waals surface area contributed by atoms with Gasteiger partial charge in [-0.15, -0.1) is 0 Å². The van der Waals surface area contributed by atoms with Crippen LogP contribution in [0.4, 0.5) is 0 Å². The molecule has 29 heavy (non-hydrogen) atoms. The largest absolute Gasteiger partial charge is 0.376 e. The molecular formula is C27H19BrO. The van der Waals surface area contributed by atoms with Crippen LogP contribution >= 0.6 is 15.9 Å². The first kappa shape index (κ1) is 18.1. The van der Waals surface area contributed by atoms with Gasteiger partial charge < -0.3 is 5.11 Å². The molecule has 1 aliphatic rings. The highest BCUT2D eigenvalue weighted by molar-refractivity contribution is 9.10. The van der Waals surface area contributed by atoms with Crippen molar-refractivity contribution in [1.82, 2.24) is 0 Å². The highest BCUT2D eigenvalue weighted by atomic mass is 79.9. The number of fused-ring (bicyclic) bond motifs is 2. The number of benzene rings is 4. The van der Waals surface area contributed by atoms with Gasteiger partial charge in [0.1, 0.15) is 5.60 Å². The molecule has 4 aromatic carbocycles. The van der Waals surface area contributed by atoms with Gasteiger partial charge in [0.25, 0.3) is 0 Å². The van der Waals surface area contributed by atoms with Gasteiger partial charge in [0.15, 0.2) is 0 Å². The second-order valence-corrected chi connectivity index (χ2v) is 8.19. The summed E-state index contributed by atoms with van der Waals surface area (Å²) in [5, 5.41) is 12.5. The van der Waals surface area contributed by atoms with Gasteiger partial charge in [-0.05, 0) is 45.5 Å². The Kier molecular flexibility index (Phi) is 4.46. The summed E-state index contributed by atoms with van der Waals surface area (Å²) in [6, 6.07) is 32.6. The number of hydrogen-bond acceptors (Lipinski definition) is 1. The fraction of sp³-hybridized carbons (Fsp3) is 0.0370. The molecule has 5 rings (SSSR count).